The number of amides is 3. The van der Waals surface area contributed by atoms with E-state index in [-0.39, 0.29) is 26.1 Å². The van der Waals surface area contributed by atoms with E-state index in [0.29, 0.717) is 18.3 Å². The summed E-state index contributed by atoms with van der Waals surface area (Å²) < 4.78 is 0. The number of carbonyl (C=O) groups excluding carboxylic acids is 3. The van der Waals surface area contributed by atoms with E-state index in [1.54, 1.807) is 36.4 Å². The summed E-state index contributed by atoms with van der Waals surface area (Å²) in [6.45, 7) is 0.151. The van der Waals surface area contributed by atoms with Gasteiger partial charge in [-0.2, -0.15) is 0 Å². The highest BCUT2D eigenvalue weighted by Gasteiger charge is 2.26. The Bertz CT molecular complexity index is 1150. The Kier molecular flexibility index (Phi) is 11.4. The fourth-order valence-corrected chi connectivity index (χ4v) is 3.22. The molecule has 35 heavy (non-hydrogen) atoms. The number of nitriles is 3. The minimum atomic E-state index is -1.06. The number of carbonyl (C=O) groups is 3. The van der Waals surface area contributed by atoms with Gasteiger partial charge in [0.05, 0.1) is 12.1 Å². The van der Waals surface area contributed by atoms with Gasteiger partial charge in [0.1, 0.15) is 0 Å². The summed E-state index contributed by atoms with van der Waals surface area (Å²) in [5.74, 6) is 2.99. The maximum atomic E-state index is 12.7. The molecule has 1 aromatic heterocycles. The zero-order valence-corrected chi connectivity index (χ0v) is 19.0. The maximum absolute atomic E-state index is 12.7. The van der Waals surface area contributed by atoms with Crippen molar-refractivity contribution < 1.29 is 14.4 Å². The summed E-state index contributed by atoms with van der Waals surface area (Å²) in [6, 6.07) is 8.86. The van der Waals surface area contributed by atoms with Crippen molar-refractivity contribution in [1.82, 2.24) is 15.2 Å². The van der Waals surface area contributed by atoms with Crippen molar-refractivity contribution in [1.29, 1.82) is 15.8 Å². The lowest BCUT2D eigenvalue weighted by atomic mass is 9.64. The summed E-state index contributed by atoms with van der Waals surface area (Å²) in [6.07, 6.45) is 2.05. The first-order chi connectivity index (χ1) is 17.0. The Morgan fingerprint density at radius 1 is 1.03 bits per heavy atom. The molecule has 0 aliphatic carbocycles. The number of nitrogens with zero attached hydrogens (tertiary/aromatic N) is 5. The Balaban J connectivity index is 1.92. The highest BCUT2D eigenvalue weighted by molar-refractivity contribution is 6.52. The van der Waals surface area contributed by atoms with Crippen LogP contribution in [0, 0.1) is 33.7 Å². The van der Waals surface area contributed by atoms with E-state index >= 15 is 0 Å². The highest BCUT2D eigenvalue weighted by Crippen LogP contribution is 2.17. The molecule has 171 valence electrons. The molecule has 0 aliphatic rings. The Morgan fingerprint density at radius 3 is 2.40 bits per heavy atom. The minimum absolute atomic E-state index is 0.246. The second-order valence-corrected chi connectivity index (χ2v) is 7.41. The van der Waals surface area contributed by atoms with Gasteiger partial charge < -0.3 is 15.5 Å². The van der Waals surface area contributed by atoms with E-state index in [1.165, 1.54) is 19.5 Å². The molecule has 0 saturated heterocycles. The van der Waals surface area contributed by atoms with E-state index in [1.807, 2.05) is 18.0 Å². The van der Waals surface area contributed by atoms with Crippen LogP contribution in [-0.4, -0.2) is 69.1 Å². The molecule has 3 amide bonds. The molecule has 2 N–H and O–H groups in total. The van der Waals surface area contributed by atoms with Crippen molar-refractivity contribution in [2.75, 3.05) is 25.0 Å². The van der Waals surface area contributed by atoms with Crippen molar-refractivity contribution in [2.24, 2.45) is 0 Å². The number of fused-ring (bicyclic) bond motifs is 1. The average Bonchev–Trinajstić information content (AvgIpc) is 2.86. The van der Waals surface area contributed by atoms with Gasteiger partial charge in [-0.25, -0.2) is 15.8 Å². The number of nitrogens with one attached hydrogen (secondary N) is 2. The Labute approximate surface area is 206 Å². The largest absolute Gasteiger partial charge is 0.347 e. The predicted octanol–water partition coefficient (Wildman–Crippen LogP) is 0.689. The van der Waals surface area contributed by atoms with Gasteiger partial charge in [0.25, 0.3) is 21.8 Å². The highest BCUT2D eigenvalue weighted by atomic mass is 16.2. The van der Waals surface area contributed by atoms with Crippen molar-refractivity contribution in [3.63, 3.8) is 0 Å². The zero-order chi connectivity index (χ0) is 25.5. The number of rotatable bonds is 13. The van der Waals surface area contributed by atoms with Crippen LogP contribution in [0.1, 0.15) is 6.42 Å². The zero-order valence-electron chi connectivity index (χ0n) is 19.0. The standard InChI is InChI=1S/C22H21B3N7O3/c26-13-23-5-8-32(9-6-24-14-27)21(34)11-18(25-15-28)22(35)30-12-20(33)31-17-3-4-19-16(10-17)2-1-7-29-19/h1-4,7,10,18H,5-6,8-9,11-12H2,(H,30,35)(H,31,33). The number of anilines is 1. The van der Waals surface area contributed by atoms with Gasteiger partial charge in [-0.05, 0) is 54.8 Å². The number of hydrogen-bond acceptors (Lipinski definition) is 7. The monoisotopic (exact) mass is 464 g/mol. The van der Waals surface area contributed by atoms with E-state index in [4.69, 9.17) is 15.8 Å². The molecular formula is C22H21B3N7O3. The van der Waals surface area contributed by atoms with Crippen LogP contribution in [0.15, 0.2) is 36.5 Å². The molecule has 2 aromatic rings. The van der Waals surface area contributed by atoms with Crippen LogP contribution < -0.4 is 10.6 Å². The number of hydrogen-bond donors (Lipinski definition) is 2. The first-order valence-corrected chi connectivity index (χ1v) is 10.8. The molecule has 13 heteroatoms. The van der Waals surface area contributed by atoms with Crippen molar-refractivity contribution >= 4 is 56.2 Å². The summed E-state index contributed by atoms with van der Waals surface area (Å²) in [7, 11) is 3.75. The second kappa shape index (κ2) is 14.8. The van der Waals surface area contributed by atoms with Crippen molar-refractivity contribution in [3.8, 4) is 17.9 Å². The Morgan fingerprint density at radius 2 is 1.74 bits per heavy atom. The molecule has 1 atom stereocenters. The van der Waals surface area contributed by atoms with Gasteiger partial charge in [0, 0.05) is 42.6 Å². The molecule has 0 saturated carbocycles. The smallest absolute Gasteiger partial charge is 0.268 e. The molecule has 2 rings (SSSR count). The van der Waals surface area contributed by atoms with Gasteiger partial charge in [-0.15, -0.1) is 0 Å². The lowest BCUT2D eigenvalue weighted by molar-refractivity contribution is -0.133. The molecule has 1 aromatic carbocycles. The number of benzene rings is 1. The first-order valence-electron chi connectivity index (χ1n) is 10.8. The van der Waals surface area contributed by atoms with Crippen molar-refractivity contribution in [2.45, 2.75) is 24.9 Å². The first kappa shape index (κ1) is 27.0. The van der Waals surface area contributed by atoms with Crippen LogP contribution in [0.5, 0.6) is 0 Å². The SMILES string of the molecule is N#C[B]CCN(CC[B]C#N)C(=O)CC([B]C#N)C(=O)NCC(=O)Nc1ccc2ncccc2c1. The van der Waals surface area contributed by atoms with Gasteiger partial charge in [0.15, 0.2) is 0 Å². The van der Waals surface area contributed by atoms with E-state index in [0.717, 1.165) is 18.2 Å². The van der Waals surface area contributed by atoms with Crippen LogP contribution >= 0.6 is 0 Å². The second-order valence-electron chi connectivity index (χ2n) is 7.41. The van der Waals surface area contributed by atoms with Gasteiger partial charge in [-0.1, -0.05) is 6.07 Å². The molecule has 1 heterocycles. The fourth-order valence-electron chi connectivity index (χ4n) is 3.22. The molecule has 3 radical (unpaired) electrons. The van der Waals surface area contributed by atoms with Crippen LogP contribution in [-0.2, 0) is 14.4 Å². The number of aromatic nitrogens is 1. The predicted molar refractivity (Wildman–Crippen MR) is 132 cm³/mol. The topological polar surface area (TPSA) is 163 Å². The van der Waals surface area contributed by atoms with Crippen LogP contribution in [0.2, 0.25) is 18.5 Å². The fraction of sp³-hybridized carbons (Fsp3) is 0.318. The van der Waals surface area contributed by atoms with Crippen molar-refractivity contribution in [3.05, 3.63) is 36.5 Å². The molecule has 0 bridgehead atoms. The third-order valence-electron chi connectivity index (χ3n) is 4.94. The maximum Gasteiger partial charge on any atom is 0.268 e. The van der Waals surface area contributed by atoms with Crippen LogP contribution in [0.4, 0.5) is 5.69 Å². The molecule has 0 aliphatic heterocycles. The number of pyridine rings is 1. The summed E-state index contributed by atoms with van der Waals surface area (Å²) >= 11 is 0. The normalized spacial score (nSPS) is 10.5. The molecule has 0 fully saturated rings. The molecular weight excluding hydrogens is 443 g/mol. The molecule has 0 spiro atoms. The summed E-state index contributed by atoms with van der Waals surface area (Å²) in [4.78, 5) is 43.3. The van der Waals surface area contributed by atoms with Gasteiger partial charge >= 0.3 is 0 Å². The third-order valence-corrected chi connectivity index (χ3v) is 4.94. The van der Waals surface area contributed by atoms with Gasteiger partial charge in [0.2, 0.25) is 17.7 Å². The third kappa shape index (κ3) is 9.23. The van der Waals surface area contributed by atoms with E-state index in [2.05, 4.69) is 15.6 Å². The minimum Gasteiger partial charge on any atom is -0.347 e. The summed E-state index contributed by atoms with van der Waals surface area (Å²) in [5.41, 5.74) is 1.32. The Hall–Kier alpha value is -4.30. The van der Waals surface area contributed by atoms with Gasteiger partial charge in [-0.3, -0.25) is 19.4 Å². The van der Waals surface area contributed by atoms with E-state index in [9.17, 15) is 14.4 Å². The molecule has 1 unspecified atom stereocenters. The van der Waals surface area contributed by atoms with Crippen LogP contribution in [0.3, 0.4) is 0 Å². The van der Waals surface area contributed by atoms with E-state index < -0.39 is 23.5 Å². The summed E-state index contributed by atoms with van der Waals surface area (Å²) in [5, 5.41) is 32.4. The average molecular weight is 464 g/mol. The lowest BCUT2D eigenvalue weighted by Crippen LogP contribution is -2.40. The molecule has 10 nitrogen and oxygen atoms in total. The lowest BCUT2D eigenvalue weighted by Gasteiger charge is -2.24. The quantitative estimate of drug-likeness (QED) is 0.326. The van der Waals surface area contributed by atoms with Crippen LogP contribution in [0.25, 0.3) is 10.9 Å².